The smallest absolute Gasteiger partial charge is 0.185 e. The van der Waals surface area contributed by atoms with Crippen LogP contribution in [-0.4, -0.2) is 60.5 Å². The first-order chi connectivity index (χ1) is 8.31. The molecule has 0 unspecified atom stereocenters. The van der Waals surface area contributed by atoms with E-state index < -0.39 is 0 Å². The van der Waals surface area contributed by atoms with E-state index in [0.717, 1.165) is 51.3 Å². The van der Waals surface area contributed by atoms with Crippen LogP contribution in [0.5, 0.6) is 0 Å². The largest absolute Gasteiger partial charge is 0.457 e. The van der Waals surface area contributed by atoms with Crippen molar-refractivity contribution >= 4 is 6.29 Å². The maximum atomic E-state index is 10.5. The van der Waals surface area contributed by atoms with Crippen molar-refractivity contribution in [3.05, 3.63) is 23.7 Å². The molecule has 0 bridgehead atoms. The monoisotopic (exact) mass is 238 g/mol. The number of nitrogens with zero attached hydrogens (tertiary/aromatic N) is 2. The van der Waals surface area contributed by atoms with Crippen molar-refractivity contribution < 1.29 is 14.3 Å². The van der Waals surface area contributed by atoms with Crippen molar-refractivity contribution in [3.63, 3.8) is 0 Å². The predicted octanol–water partition coefficient (Wildman–Crippen LogP) is 0.202. The summed E-state index contributed by atoms with van der Waals surface area (Å²) < 4.78 is 5.35. The van der Waals surface area contributed by atoms with E-state index in [4.69, 9.17) is 9.52 Å². The Labute approximate surface area is 101 Å². The molecular formula is C12H18N2O3. The predicted molar refractivity (Wildman–Crippen MR) is 62.9 cm³/mol. The normalized spacial score (nSPS) is 18.4. The van der Waals surface area contributed by atoms with Crippen LogP contribution in [0.25, 0.3) is 0 Å². The molecular weight excluding hydrogens is 220 g/mol. The number of piperazine rings is 1. The zero-order valence-electron chi connectivity index (χ0n) is 9.84. The van der Waals surface area contributed by atoms with Crippen molar-refractivity contribution in [1.82, 2.24) is 9.80 Å². The van der Waals surface area contributed by atoms with Gasteiger partial charge in [-0.15, -0.1) is 0 Å². The average molecular weight is 238 g/mol. The Hall–Kier alpha value is -1.17. The molecule has 2 heterocycles. The lowest BCUT2D eigenvalue weighted by atomic mass is 10.3. The molecule has 1 saturated heterocycles. The minimum Gasteiger partial charge on any atom is -0.457 e. The molecule has 5 nitrogen and oxygen atoms in total. The lowest BCUT2D eigenvalue weighted by molar-refractivity contribution is 0.102. The molecule has 94 valence electrons. The van der Waals surface area contributed by atoms with Gasteiger partial charge in [-0.2, -0.15) is 0 Å². The van der Waals surface area contributed by atoms with Crippen molar-refractivity contribution in [2.45, 2.75) is 6.54 Å². The summed E-state index contributed by atoms with van der Waals surface area (Å²) in [7, 11) is 0. The lowest BCUT2D eigenvalue weighted by Gasteiger charge is -2.33. The number of carbonyl (C=O) groups excluding carboxylic acids is 1. The Morgan fingerprint density at radius 1 is 1.24 bits per heavy atom. The number of carbonyl (C=O) groups is 1. The van der Waals surface area contributed by atoms with Gasteiger partial charge in [-0.1, -0.05) is 0 Å². The Bertz CT molecular complexity index is 356. The van der Waals surface area contributed by atoms with Crippen LogP contribution in [0.2, 0.25) is 0 Å². The third kappa shape index (κ3) is 3.39. The van der Waals surface area contributed by atoms with Gasteiger partial charge >= 0.3 is 0 Å². The first-order valence-electron chi connectivity index (χ1n) is 5.91. The molecule has 0 atom stereocenters. The molecule has 1 aromatic heterocycles. The van der Waals surface area contributed by atoms with Crippen LogP contribution in [0.4, 0.5) is 0 Å². The summed E-state index contributed by atoms with van der Waals surface area (Å²) in [6, 6.07) is 3.55. The molecule has 17 heavy (non-hydrogen) atoms. The van der Waals surface area contributed by atoms with Crippen LogP contribution in [-0.2, 0) is 6.54 Å². The number of β-amino-alcohol motifs (C(OH)–C–C–N with tert-alkyl or cyclic N) is 1. The fraction of sp³-hybridized carbons (Fsp3) is 0.583. The number of aliphatic hydroxyl groups excluding tert-OH is 1. The Kier molecular flexibility index (Phi) is 4.30. The minimum absolute atomic E-state index is 0.223. The molecule has 1 aliphatic heterocycles. The van der Waals surface area contributed by atoms with E-state index in [1.165, 1.54) is 0 Å². The second-order valence-electron chi connectivity index (χ2n) is 4.26. The van der Waals surface area contributed by atoms with Crippen LogP contribution < -0.4 is 0 Å². The highest BCUT2D eigenvalue weighted by Gasteiger charge is 2.17. The topological polar surface area (TPSA) is 56.9 Å². The summed E-state index contributed by atoms with van der Waals surface area (Å²) in [6.07, 6.45) is 0.725. The number of aldehydes is 1. The Morgan fingerprint density at radius 2 is 1.94 bits per heavy atom. The van der Waals surface area contributed by atoms with Crippen LogP contribution >= 0.6 is 0 Å². The maximum Gasteiger partial charge on any atom is 0.185 e. The van der Waals surface area contributed by atoms with E-state index in [-0.39, 0.29) is 6.61 Å². The van der Waals surface area contributed by atoms with Crippen LogP contribution in [0, 0.1) is 0 Å². The zero-order chi connectivity index (χ0) is 12.1. The van der Waals surface area contributed by atoms with Gasteiger partial charge in [0.25, 0.3) is 0 Å². The molecule has 2 rings (SSSR count). The van der Waals surface area contributed by atoms with Crippen LogP contribution in [0.3, 0.4) is 0 Å². The Balaban J connectivity index is 1.79. The van der Waals surface area contributed by atoms with Crippen LogP contribution in [0.1, 0.15) is 16.3 Å². The van der Waals surface area contributed by atoms with Gasteiger partial charge < -0.3 is 9.52 Å². The van der Waals surface area contributed by atoms with Gasteiger partial charge in [0.1, 0.15) is 5.76 Å². The third-order valence-corrected chi connectivity index (χ3v) is 3.06. The number of aliphatic hydroxyl groups is 1. The first-order valence-corrected chi connectivity index (χ1v) is 5.91. The van der Waals surface area contributed by atoms with E-state index in [1.807, 2.05) is 6.07 Å². The van der Waals surface area contributed by atoms with Crippen molar-refractivity contribution in [3.8, 4) is 0 Å². The average Bonchev–Trinajstić information content (AvgIpc) is 2.80. The van der Waals surface area contributed by atoms with Gasteiger partial charge in [-0.05, 0) is 12.1 Å². The molecule has 0 aliphatic carbocycles. The molecule has 1 N–H and O–H groups in total. The summed E-state index contributed by atoms with van der Waals surface area (Å²) in [5.41, 5.74) is 0. The summed E-state index contributed by atoms with van der Waals surface area (Å²) in [4.78, 5) is 15.0. The Morgan fingerprint density at radius 3 is 2.53 bits per heavy atom. The van der Waals surface area contributed by atoms with Gasteiger partial charge in [0.05, 0.1) is 13.2 Å². The molecule has 1 aromatic rings. The fourth-order valence-electron chi connectivity index (χ4n) is 2.08. The van der Waals surface area contributed by atoms with Gasteiger partial charge in [-0.3, -0.25) is 14.6 Å². The maximum absolute atomic E-state index is 10.5. The van der Waals surface area contributed by atoms with E-state index in [0.29, 0.717) is 5.76 Å². The third-order valence-electron chi connectivity index (χ3n) is 3.06. The zero-order valence-corrected chi connectivity index (χ0v) is 9.84. The number of rotatable bonds is 5. The standard InChI is InChI=1S/C12H18N2O3/c15-8-7-13-3-5-14(6-4-13)9-11-1-2-12(10-16)17-11/h1-2,10,15H,3-9H2. The molecule has 0 spiro atoms. The van der Waals surface area contributed by atoms with Gasteiger partial charge in [0, 0.05) is 32.7 Å². The molecule has 1 aliphatic rings. The van der Waals surface area contributed by atoms with E-state index in [2.05, 4.69) is 9.80 Å². The number of furan rings is 1. The minimum atomic E-state index is 0.223. The summed E-state index contributed by atoms with van der Waals surface area (Å²) in [6.45, 7) is 5.61. The summed E-state index contributed by atoms with van der Waals surface area (Å²) >= 11 is 0. The first kappa shape index (κ1) is 12.3. The summed E-state index contributed by atoms with van der Waals surface area (Å²) in [5.74, 6) is 1.22. The van der Waals surface area contributed by atoms with E-state index in [1.54, 1.807) is 6.07 Å². The molecule has 1 fully saturated rings. The van der Waals surface area contributed by atoms with E-state index >= 15 is 0 Å². The quantitative estimate of drug-likeness (QED) is 0.743. The van der Waals surface area contributed by atoms with Gasteiger partial charge in [-0.25, -0.2) is 0 Å². The molecule has 0 radical (unpaired) electrons. The molecule has 5 heteroatoms. The molecule has 0 amide bonds. The highest BCUT2D eigenvalue weighted by molar-refractivity contribution is 5.70. The second kappa shape index (κ2) is 5.95. The van der Waals surface area contributed by atoms with E-state index in [9.17, 15) is 4.79 Å². The summed E-state index contributed by atoms with van der Waals surface area (Å²) in [5, 5.41) is 8.85. The van der Waals surface area contributed by atoms with Crippen molar-refractivity contribution in [2.75, 3.05) is 39.3 Å². The van der Waals surface area contributed by atoms with Gasteiger partial charge in [0.15, 0.2) is 12.0 Å². The molecule has 0 aromatic carbocycles. The van der Waals surface area contributed by atoms with Crippen LogP contribution in [0.15, 0.2) is 16.5 Å². The number of hydrogen-bond donors (Lipinski definition) is 1. The SMILES string of the molecule is O=Cc1ccc(CN2CCN(CCO)CC2)o1. The fourth-order valence-corrected chi connectivity index (χ4v) is 2.08. The van der Waals surface area contributed by atoms with Crippen molar-refractivity contribution in [1.29, 1.82) is 0 Å². The van der Waals surface area contributed by atoms with Crippen molar-refractivity contribution in [2.24, 2.45) is 0 Å². The second-order valence-corrected chi connectivity index (χ2v) is 4.26. The highest BCUT2D eigenvalue weighted by Crippen LogP contribution is 2.11. The van der Waals surface area contributed by atoms with Gasteiger partial charge in [0.2, 0.25) is 0 Å². The lowest BCUT2D eigenvalue weighted by Crippen LogP contribution is -2.46. The highest BCUT2D eigenvalue weighted by atomic mass is 16.3. The molecule has 0 saturated carbocycles. The number of hydrogen-bond acceptors (Lipinski definition) is 5.